The van der Waals surface area contributed by atoms with E-state index < -0.39 is 0 Å². The molecule has 0 aromatic carbocycles. The van der Waals surface area contributed by atoms with E-state index in [2.05, 4.69) is 42.3 Å². The van der Waals surface area contributed by atoms with Crippen molar-refractivity contribution in [1.82, 2.24) is 0 Å². The Hall–Kier alpha value is 0.335. The second kappa shape index (κ2) is 6.75. The molecule has 0 heterocycles. The van der Waals surface area contributed by atoms with Crippen molar-refractivity contribution in [1.29, 1.82) is 0 Å². The smallest absolute Gasteiger partial charge is 0.431 e. The summed E-state index contributed by atoms with van der Waals surface area (Å²) < 4.78 is 6.32. The minimum Gasteiger partial charge on any atom is -0.554 e. The van der Waals surface area contributed by atoms with E-state index in [9.17, 15) is 0 Å². The van der Waals surface area contributed by atoms with Crippen LogP contribution in [0.2, 0.25) is 5.82 Å². The Bertz CT molecular complexity index is 188. The van der Waals surface area contributed by atoms with Crippen LogP contribution in [-0.4, -0.2) is 4.77 Å². The second-order valence-corrected chi connectivity index (χ2v) is 5.20. The SMILES string of the molecule is C/C=C(/CC)OB(I)C1CCCCC1. The lowest BCUT2D eigenvalue weighted by Gasteiger charge is -2.24. The van der Waals surface area contributed by atoms with Gasteiger partial charge in [0.2, 0.25) is 0 Å². The van der Waals surface area contributed by atoms with Gasteiger partial charge in [-0.3, -0.25) is 0 Å². The summed E-state index contributed by atoms with van der Waals surface area (Å²) in [5, 5.41) is 0. The Morgan fingerprint density at radius 3 is 2.57 bits per heavy atom. The molecule has 0 aromatic heterocycles. The molecule has 1 nitrogen and oxygen atoms in total. The molecule has 0 atom stereocenters. The topological polar surface area (TPSA) is 9.23 Å². The first-order valence-corrected chi connectivity index (χ1v) is 6.98. The van der Waals surface area contributed by atoms with Crippen molar-refractivity contribution in [2.45, 2.75) is 58.2 Å². The zero-order valence-electron chi connectivity index (χ0n) is 9.26. The maximum atomic E-state index is 5.94. The summed E-state index contributed by atoms with van der Waals surface area (Å²) in [6.07, 6.45) is 10.0. The largest absolute Gasteiger partial charge is 0.554 e. The molecule has 0 amide bonds. The van der Waals surface area contributed by atoms with Gasteiger partial charge in [0.15, 0.2) is 0 Å². The molecule has 1 saturated carbocycles. The van der Waals surface area contributed by atoms with Crippen molar-refractivity contribution >= 4 is 27.1 Å². The molecule has 0 saturated heterocycles. The van der Waals surface area contributed by atoms with Gasteiger partial charge in [0.25, 0.3) is 0 Å². The average molecular weight is 306 g/mol. The maximum absolute atomic E-state index is 5.94. The molecule has 0 aromatic rings. The number of halogens is 1. The van der Waals surface area contributed by atoms with Crippen molar-refractivity contribution in [3.63, 3.8) is 0 Å². The quantitative estimate of drug-likeness (QED) is 0.420. The fourth-order valence-electron chi connectivity index (χ4n) is 1.99. The lowest BCUT2D eigenvalue weighted by atomic mass is 9.70. The Morgan fingerprint density at radius 1 is 1.43 bits per heavy atom. The number of rotatable bonds is 4. The Morgan fingerprint density at radius 2 is 2.07 bits per heavy atom. The van der Waals surface area contributed by atoms with Crippen LogP contribution in [-0.2, 0) is 4.65 Å². The lowest BCUT2D eigenvalue weighted by Crippen LogP contribution is -2.20. The Balaban J connectivity index is 2.35. The van der Waals surface area contributed by atoms with E-state index in [1.54, 1.807) is 0 Å². The molecule has 0 unspecified atom stereocenters. The number of hydrogen-bond acceptors (Lipinski definition) is 1. The van der Waals surface area contributed by atoms with E-state index in [0.29, 0.717) is 4.77 Å². The average Bonchev–Trinajstić information content (AvgIpc) is 2.26. The van der Waals surface area contributed by atoms with E-state index in [4.69, 9.17) is 4.65 Å². The number of allylic oxidation sites excluding steroid dienone is 2. The van der Waals surface area contributed by atoms with Crippen LogP contribution in [0.15, 0.2) is 11.8 Å². The van der Waals surface area contributed by atoms with Gasteiger partial charge in [-0.25, -0.2) is 0 Å². The van der Waals surface area contributed by atoms with Crippen LogP contribution in [0, 0.1) is 0 Å². The predicted octanol–water partition coefficient (Wildman–Crippen LogP) is 4.57. The summed E-state index contributed by atoms with van der Waals surface area (Å²) in [5.74, 6) is 1.93. The fraction of sp³-hybridized carbons (Fsp3) is 0.818. The van der Waals surface area contributed by atoms with E-state index in [1.807, 2.05) is 0 Å². The van der Waals surface area contributed by atoms with Crippen molar-refractivity contribution in [2.75, 3.05) is 0 Å². The second-order valence-electron chi connectivity index (χ2n) is 3.98. The van der Waals surface area contributed by atoms with Crippen LogP contribution >= 0.6 is 22.4 Å². The van der Waals surface area contributed by atoms with E-state index in [-0.39, 0.29) is 0 Å². The summed E-state index contributed by atoms with van der Waals surface area (Å²) in [5.41, 5.74) is 0. The molecule has 3 heteroatoms. The van der Waals surface area contributed by atoms with Gasteiger partial charge in [-0.15, -0.1) is 0 Å². The third kappa shape index (κ3) is 3.83. The molecule has 1 rings (SSSR count). The van der Waals surface area contributed by atoms with Crippen LogP contribution < -0.4 is 0 Å². The predicted molar refractivity (Wildman–Crippen MR) is 71.7 cm³/mol. The highest BCUT2D eigenvalue weighted by Gasteiger charge is 2.28. The van der Waals surface area contributed by atoms with Crippen LogP contribution in [0.1, 0.15) is 52.4 Å². The standard InChI is InChI=1S/C11H20BIO/c1-3-11(4-2)14-12(13)10-8-6-5-7-9-10/h3,10H,4-9H2,1-2H3/b11-3-. The molecule has 0 N–H and O–H groups in total. The van der Waals surface area contributed by atoms with Crippen molar-refractivity contribution in [3.8, 4) is 0 Å². The minimum atomic E-state index is 0.388. The molecule has 0 spiro atoms. The highest BCUT2D eigenvalue weighted by Crippen LogP contribution is 2.34. The molecule has 14 heavy (non-hydrogen) atoms. The minimum absolute atomic E-state index is 0.388. The summed E-state index contributed by atoms with van der Waals surface area (Å²) in [4.78, 5) is 0. The third-order valence-corrected chi connectivity index (χ3v) is 4.23. The summed E-state index contributed by atoms with van der Waals surface area (Å²) >= 11 is 2.46. The Kier molecular flexibility index (Phi) is 5.98. The monoisotopic (exact) mass is 306 g/mol. The molecule has 80 valence electrons. The molecular formula is C11H20BIO. The van der Waals surface area contributed by atoms with Gasteiger partial charge in [-0.2, -0.15) is 0 Å². The fourth-order valence-corrected chi connectivity index (χ4v) is 3.04. The van der Waals surface area contributed by atoms with Gasteiger partial charge >= 0.3 is 4.77 Å². The van der Waals surface area contributed by atoms with E-state index in [0.717, 1.165) is 18.0 Å². The molecule has 1 aliphatic rings. The molecule has 0 aliphatic heterocycles. The zero-order valence-corrected chi connectivity index (χ0v) is 11.4. The molecule has 0 bridgehead atoms. The maximum Gasteiger partial charge on any atom is 0.431 e. The summed E-state index contributed by atoms with van der Waals surface area (Å²) in [6, 6.07) is 0. The molecular weight excluding hydrogens is 286 g/mol. The van der Waals surface area contributed by atoms with Gasteiger partial charge < -0.3 is 4.65 Å². The van der Waals surface area contributed by atoms with Crippen LogP contribution in [0.4, 0.5) is 0 Å². The lowest BCUT2D eigenvalue weighted by molar-refractivity contribution is 0.395. The normalized spacial score (nSPS) is 19.5. The third-order valence-electron chi connectivity index (χ3n) is 2.95. The van der Waals surface area contributed by atoms with Gasteiger partial charge in [-0.1, -0.05) is 67.5 Å². The van der Waals surface area contributed by atoms with Crippen molar-refractivity contribution in [3.05, 3.63) is 11.8 Å². The highest BCUT2D eigenvalue weighted by atomic mass is 127. The van der Waals surface area contributed by atoms with Crippen LogP contribution in [0.25, 0.3) is 0 Å². The summed E-state index contributed by atoms with van der Waals surface area (Å²) in [6.45, 7) is 4.21. The van der Waals surface area contributed by atoms with E-state index >= 15 is 0 Å². The van der Waals surface area contributed by atoms with Crippen molar-refractivity contribution in [2.24, 2.45) is 0 Å². The summed E-state index contributed by atoms with van der Waals surface area (Å²) in [7, 11) is 0. The van der Waals surface area contributed by atoms with Crippen molar-refractivity contribution < 1.29 is 4.65 Å². The van der Waals surface area contributed by atoms with Gasteiger partial charge in [-0.05, 0) is 19.2 Å². The van der Waals surface area contributed by atoms with Crippen LogP contribution in [0.3, 0.4) is 0 Å². The number of hydrogen-bond donors (Lipinski definition) is 0. The van der Waals surface area contributed by atoms with Gasteiger partial charge in [0.05, 0.1) is 5.76 Å². The zero-order chi connectivity index (χ0) is 10.4. The van der Waals surface area contributed by atoms with Gasteiger partial charge in [0, 0.05) is 0 Å². The first kappa shape index (κ1) is 12.4. The van der Waals surface area contributed by atoms with Crippen LogP contribution in [0.5, 0.6) is 0 Å². The molecule has 0 radical (unpaired) electrons. The van der Waals surface area contributed by atoms with E-state index in [1.165, 1.54) is 32.1 Å². The first-order valence-electron chi connectivity index (χ1n) is 5.73. The highest BCUT2D eigenvalue weighted by molar-refractivity contribution is 14.1. The van der Waals surface area contributed by atoms with Gasteiger partial charge in [0.1, 0.15) is 0 Å². The first-order chi connectivity index (χ1) is 6.77. The molecule has 1 aliphatic carbocycles. The Labute approximate surface area is 102 Å². The molecule has 1 fully saturated rings.